The summed E-state index contributed by atoms with van der Waals surface area (Å²) in [4.78, 5) is 14.9. The zero-order valence-corrected chi connectivity index (χ0v) is 13.9. The van der Waals surface area contributed by atoms with Crippen molar-refractivity contribution >= 4 is 17.4 Å². The minimum Gasteiger partial charge on any atom is -0.316 e. The standard InChI is InChI=1S/C18H21ClN2O/c1-13-11-15(18(22)12-20-9-5-6-10-20)14(2)21(13)17-8-4-3-7-16(17)19/h3-4,7-8,11H,5-6,9-10,12H2,1-2H3. The van der Waals surface area contributed by atoms with Crippen LogP contribution in [-0.2, 0) is 0 Å². The Hall–Kier alpha value is -1.58. The smallest absolute Gasteiger partial charge is 0.178 e. The summed E-state index contributed by atoms with van der Waals surface area (Å²) in [7, 11) is 0. The van der Waals surface area contributed by atoms with Gasteiger partial charge in [-0.1, -0.05) is 23.7 Å². The zero-order valence-electron chi connectivity index (χ0n) is 13.1. The van der Waals surface area contributed by atoms with Gasteiger partial charge in [-0.25, -0.2) is 0 Å². The first kappa shape index (κ1) is 15.3. The summed E-state index contributed by atoms with van der Waals surface area (Å²) in [6, 6.07) is 9.72. The van der Waals surface area contributed by atoms with Crippen LogP contribution in [0.2, 0.25) is 5.02 Å². The SMILES string of the molecule is Cc1cc(C(=O)CN2CCCC2)c(C)n1-c1ccccc1Cl. The molecule has 1 aromatic heterocycles. The van der Waals surface area contributed by atoms with Crippen molar-refractivity contribution in [2.45, 2.75) is 26.7 Å². The van der Waals surface area contributed by atoms with Crippen molar-refractivity contribution in [3.8, 4) is 5.69 Å². The summed E-state index contributed by atoms with van der Waals surface area (Å²) in [6.45, 7) is 6.60. The van der Waals surface area contributed by atoms with Crippen LogP contribution in [0.25, 0.3) is 5.69 Å². The van der Waals surface area contributed by atoms with Crippen molar-refractivity contribution in [2.75, 3.05) is 19.6 Å². The summed E-state index contributed by atoms with van der Waals surface area (Å²) in [5, 5.41) is 0.697. The first-order valence-corrected chi connectivity index (χ1v) is 8.15. The lowest BCUT2D eigenvalue weighted by molar-refractivity contribution is 0.0944. The topological polar surface area (TPSA) is 25.2 Å². The first-order chi connectivity index (χ1) is 10.6. The van der Waals surface area contributed by atoms with E-state index in [4.69, 9.17) is 11.6 Å². The molecule has 4 heteroatoms. The molecule has 0 atom stereocenters. The van der Waals surface area contributed by atoms with Crippen molar-refractivity contribution in [2.24, 2.45) is 0 Å². The number of hydrogen-bond donors (Lipinski definition) is 0. The van der Waals surface area contributed by atoms with E-state index in [0.29, 0.717) is 11.6 Å². The van der Waals surface area contributed by atoms with E-state index in [1.54, 1.807) is 0 Å². The molecule has 22 heavy (non-hydrogen) atoms. The van der Waals surface area contributed by atoms with Gasteiger partial charge in [0.2, 0.25) is 0 Å². The van der Waals surface area contributed by atoms with E-state index >= 15 is 0 Å². The molecule has 0 radical (unpaired) electrons. The van der Waals surface area contributed by atoms with Crippen molar-refractivity contribution in [1.29, 1.82) is 0 Å². The number of carbonyl (C=O) groups is 1. The second-order valence-corrected chi connectivity index (χ2v) is 6.39. The lowest BCUT2D eigenvalue weighted by atomic mass is 10.1. The van der Waals surface area contributed by atoms with E-state index < -0.39 is 0 Å². The Kier molecular flexibility index (Phi) is 4.37. The van der Waals surface area contributed by atoms with Crippen LogP contribution in [0.15, 0.2) is 30.3 Å². The Morgan fingerprint density at radius 3 is 2.55 bits per heavy atom. The number of Topliss-reactive ketones (excluding diaryl/α,β-unsaturated/α-hetero) is 1. The van der Waals surface area contributed by atoms with Gasteiger partial charge in [-0.2, -0.15) is 0 Å². The second-order valence-electron chi connectivity index (χ2n) is 5.98. The molecule has 1 aliphatic heterocycles. The van der Waals surface area contributed by atoms with Gasteiger partial charge in [0.05, 0.1) is 17.3 Å². The third-order valence-corrected chi connectivity index (χ3v) is 4.71. The molecular formula is C18H21ClN2O. The average molecular weight is 317 g/mol. The third-order valence-electron chi connectivity index (χ3n) is 4.39. The maximum atomic E-state index is 12.6. The molecule has 0 saturated carbocycles. The van der Waals surface area contributed by atoms with Crippen molar-refractivity contribution in [1.82, 2.24) is 9.47 Å². The Bertz CT molecular complexity index is 699. The number of likely N-dealkylation sites (tertiary alicyclic amines) is 1. The molecule has 3 rings (SSSR count). The molecule has 1 saturated heterocycles. The van der Waals surface area contributed by atoms with E-state index in [9.17, 15) is 4.79 Å². The van der Waals surface area contributed by atoms with Crippen molar-refractivity contribution in [3.63, 3.8) is 0 Å². The number of benzene rings is 1. The molecule has 0 spiro atoms. The second kappa shape index (κ2) is 6.27. The molecule has 2 aromatic rings. The summed E-state index contributed by atoms with van der Waals surface area (Å²) in [5.41, 5.74) is 3.74. The van der Waals surface area contributed by atoms with Crippen LogP contribution in [0, 0.1) is 13.8 Å². The number of carbonyl (C=O) groups excluding carboxylic acids is 1. The quantitative estimate of drug-likeness (QED) is 0.796. The molecule has 1 aliphatic rings. The van der Waals surface area contributed by atoms with Gasteiger partial charge in [-0.3, -0.25) is 9.69 Å². The van der Waals surface area contributed by atoms with Gasteiger partial charge < -0.3 is 4.57 Å². The monoisotopic (exact) mass is 316 g/mol. The molecule has 3 nitrogen and oxygen atoms in total. The van der Waals surface area contributed by atoms with Crippen molar-refractivity contribution in [3.05, 3.63) is 52.3 Å². The number of aromatic nitrogens is 1. The molecule has 0 aliphatic carbocycles. The van der Waals surface area contributed by atoms with Gasteiger partial charge in [0.1, 0.15) is 0 Å². The zero-order chi connectivity index (χ0) is 15.7. The number of aryl methyl sites for hydroxylation is 1. The van der Waals surface area contributed by atoms with Gasteiger partial charge in [0.15, 0.2) is 5.78 Å². The lowest BCUT2D eigenvalue weighted by Gasteiger charge is -2.14. The lowest BCUT2D eigenvalue weighted by Crippen LogP contribution is -2.27. The summed E-state index contributed by atoms with van der Waals surface area (Å²) < 4.78 is 2.07. The highest BCUT2D eigenvalue weighted by atomic mass is 35.5. The highest BCUT2D eigenvalue weighted by Crippen LogP contribution is 2.26. The molecule has 0 unspecified atom stereocenters. The van der Waals surface area contributed by atoms with Crippen LogP contribution in [0.4, 0.5) is 0 Å². The van der Waals surface area contributed by atoms with Crippen molar-refractivity contribution < 1.29 is 4.79 Å². The average Bonchev–Trinajstić information content (AvgIpc) is 3.08. The predicted molar refractivity (Wildman–Crippen MR) is 90.3 cm³/mol. The van der Waals surface area contributed by atoms with Crippen LogP contribution in [0.1, 0.15) is 34.6 Å². The maximum absolute atomic E-state index is 12.6. The number of ketones is 1. The largest absolute Gasteiger partial charge is 0.316 e. The Morgan fingerprint density at radius 1 is 1.18 bits per heavy atom. The predicted octanol–water partition coefficient (Wildman–Crippen LogP) is 4.03. The summed E-state index contributed by atoms with van der Waals surface area (Å²) in [6.07, 6.45) is 2.40. The fourth-order valence-electron chi connectivity index (χ4n) is 3.28. The van der Waals surface area contributed by atoms with Gasteiger partial charge >= 0.3 is 0 Å². The fraction of sp³-hybridized carbons (Fsp3) is 0.389. The highest BCUT2D eigenvalue weighted by Gasteiger charge is 2.21. The minimum absolute atomic E-state index is 0.202. The molecule has 1 fully saturated rings. The molecule has 0 amide bonds. The Labute approximate surface area is 136 Å². The Morgan fingerprint density at radius 2 is 1.86 bits per heavy atom. The summed E-state index contributed by atoms with van der Waals surface area (Å²) in [5.74, 6) is 0.202. The highest BCUT2D eigenvalue weighted by molar-refractivity contribution is 6.32. The molecule has 2 heterocycles. The number of para-hydroxylation sites is 1. The van der Waals surface area contributed by atoms with Gasteiger partial charge in [0, 0.05) is 17.0 Å². The molecule has 116 valence electrons. The molecular weight excluding hydrogens is 296 g/mol. The number of rotatable bonds is 4. The summed E-state index contributed by atoms with van der Waals surface area (Å²) >= 11 is 6.32. The number of halogens is 1. The third kappa shape index (κ3) is 2.83. The Balaban J connectivity index is 1.93. The van der Waals surface area contributed by atoms with Crippen LogP contribution < -0.4 is 0 Å². The van der Waals surface area contributed by atoms with E-state index in [1.807, 2.05) is 44.2 Å². The number of hydrogen-bond acceptors (Lipinski definition) is 2. The molecule has 0 bridgehead atoms. The van der Waals surface area contributed by atoms with E-state index in [2.05, 4.69) is 9.47 Å². The van der Waals surface area contributed by atoms with Crippen LogP contribution >= 0.6 is 11.6 Å². The van der Waals surface area contributed by atoms with E-state index in [0.717, 1.165) is 35.7 Å². The first-order valence-electron chi connectivity index (χ1n) is 7.77. The molecule has 0 N–H and O–H groups in total. The van der Waals surface area contributed by atoms with Crippen LogP contribution in [-0.4, -0.2) is 34.9 Å². The fourth-order valence-corrected chi connectivity index (χ4v) is 3.50. The maximum Gasteiger partial charge on any atom is 0.178 e. The van der Waals surface area contributed by atoms with Gasteiger partial charge in [0.25, 0.3) is 0 Å². The number of nitrogens with zero attached hydrogens (tertiary/aromatic N) is 2. The van der Waals surface area contributed by atoms with Gasteiger partial charge in [-0.05, 0) is 58.0 Å². The van der Waals surface area contributed by atoms with Crippen LogP contribution in [0.5, 0.6) is 0 Å². The van der Waals surface area contributed by atoms with E-state index in [1.165, 1.54) is 12.8 Å². The van der Waals surface area contributed by atoms with E-state index in [-0.39, 0.29) is 5.78 Å². The minimum atomic E-state index is 0.202. The molecule has 1 aromatic carbocycles. The van der Waals surface area contributed by atoms with Crippen LogP contribution in [0.3, 0.4) is 0 Å². The normalized spacial score (nSPS) is 15.4. The van der Waals surface area contributed by atoms with Gasteiger partial charge in [-0.15, -0.1) is 0 Å².